The molecule has 2 N–H and O–H groups in total. The van der Waals surface area contributed by atoms with Crippen LogP contribution in [0.25, 0.3) is 0 Å². The van der Waals surface area contributed by atoms with E-state index in [0.717, 1.165) is 12.0 Å². The molecule has 0 aliphatic carbocycles. The highest BCUT2D eigenvalue weighted by Crippen LogP contribution is 2.23. The van der Waals surface area contributed by atoms with Crippen molar-refractivity contribution in [1.82, 2.24) is 10.6 Å². The molecule has 1 atom stereocenters. The summed E-state index contributed by atoms with van der Waals surface area (Å²) in [5.74, 6) is -0.884. The maximum Gasteiger partial charge on any atom is 0.339 e. The Labute approximate surface area is 188 Å². The third-order valence-corrected chi connectivity index (χ3v) is 5.59. The van der Waals surface area contributed by atoms with Crippen LogP contribution >= 0.6 is 11.8 Å². The number of hydrogen-bond donors (Lipinski definition) is 2. The number of amides is 2. The van der Waals surface area contributed by atoms with Gasteiger partial charge in [0.05, 0.1) is 17.4 Å². The highest BCUT2D eigenvalue weighted by atomic mass is 32.2. The number of aryl methyl sites for hydroxylation is 1. The highest BCUT2D eigenvalue weighted by Gasteiger charge is 2.17. The number of thioether (sulfide) groups is 1. The molecule has 31 heavy (non-hydrogen) atoms. The summed E-state index contributed by atoms with van der Waals surface area (Å²) in [4.78, 5) is 37.3. The zero-order valence-electron chi connectivity index (χ0n) is 18.4. The van der Waals surface area contributed by atoms with Gasteiger partial charge in [0.1, 0.15) is 0 Å². The average molecular weight is 443 g/mol. The van der Waals surface area contributed by atoms with Gasteiger partial charge >= 0.3 is 5.97 Å². The van der Waals surface area contributed by atoms with Gasteiger partial charge in [-0.2, -0.15) is 0 Å². The molecule has 0 saturated heterocycles. The van der Waals surface area contributed by atoms with Crippen LogP contribution in [0.15, 0.2) is 53.4 Å². The second-order valence-electron chi connectivity index (χ2n) is 7.47. The van der Waals surface area contributed by atoms with Gasteiger partial charge in [-0.15, -0.1) is 11.8 Å². The molecule has 0 aliphatic heterocycles. The summed E-state index contributed by atoms with van der Waals surface area (Å²) in [6.45, 7) is 7.38. The summed E-state index contributed by atoms with van der Waals surface area (Å²) in [5, 5.41) is 5.65. The molecule has 0 radical (unpaired) electrons. The lowest BCUT2D eigenvalue weighted by molar-refractivity contribution is -0.125. The monoisotopic (exact) mass is 442 g/mol. The second-order valence-corrected chi connectivity index (χ2v) is 8.48. The van der Waals surface area contributed by atoms with Gasteiger partial charge in [0.2, 0.25) is 5.91 Å². The second kappa shape index (κ2) is 12.2. The van der Waals surface area contributed by atoms with E-state index in [0.29, 0.717) is 10.5 Å². The first-order valence-corrected chi connectivity index (χ1v) is 11.3. The van der Waals surface area contributed by atoms with E-state index in [1.807, 2.05) is 45.0 Å². The molecule has 2 aromatic rings. The quantitative estimate of drug-likeness (QED) is 0.431. The SMILES string of the molecule is CCc1ccc(C(C)NC(=O)COC(=O)c2ccccc2SCC(=O)NC(C)C)cc1. The van der Waals surface area contributed by atoms with E-state index in [2.05, 4.69) is 17.6 Å². The number of benzene rings is 2. The van der Waals surface area contributed by atoms with Gasteiger partial charge in [-0.05, 0) is 50.5 Å². The Hall–Kier alpha value is -2.80. The average Bonchev–Trinajstić information content (AvgIpc) is 2.75. The van der Waals surface area contributed by atoms with Crippen LogP contribution in [0.5, 0.6) is 0 Å². The van der Waals surface area contributed by atoms with Crippen LogP contribution in [0.2, 0.25) is 0 Å². The van der Waals surface area contributed by atoms with Crippen LogP contribution in [-0.4, -0.2) is 36.2 Å². The highest BCUT2D eigenvalue weighted by molar-refractivity contribution is 8.00. The lowest BCUT2D eigenvalue weighted by Gasteiger charge is -2.15. The molecule has 0 aliphatic rings. The van der Waals surface area contributed by atoms with Crippen molar-refractivity contribution in [3.8, 4) is 0 Å². The summed E-state index contributed by atoms with van der Waals surface area (Å²) >= 11 is 1.26. The van der Waals surface area contributed by atoms with Crippen LogP contribution in [-0.2, 0) is 20.7 Å². The van der Waals surface area contributed by atoms with E-state index in [1.165, 1.54) is 17.3 Å². The predicted molar refractivity (Wildman–Crippen MR) is 123 cm³/mol. The molecule has 2 aromatic carbocycles. The zero-order valence-corrected chi connectivity index (χ0v) is 19.3. The topological polar surface area (TPSA) is 84.5 Å². The van der Waals surface area contributed by atoms with E-state index in [1.54, 1.807) is 24.3 Å². The molecule has 0 spiro atoms. The number of nitrogens with one attached hydrogen (secondary N) is 2. The van der Waals surface area contributed by atoms with Crippen molar-refractivity contribution in [2.45, 2.75) is 51.1 Å². The number of esters is 1. The number of ether oxygens (including phenoxy) is 1. The van der Waals surface area contributed by atoms with E-state index >= 15 is 0 Å². The molecular weight excluding hydrogens is 412 g/mol. The molecule has 1 unspecified atom stereocenters. The van der Waals surface area contributed by atoms with Crippen LogP contribution in [0.3, 0.4) is 0 Å². The Balaban J connectivity index is 1.88. The standard InChI is InChI=1S/C24H30N2O4S/c1-5-18-10-12-19(13-11-18)17(4)26-22(27)14-30-24(29)20-8-6-7-9-21(20)31-15-23(28)25-16(2)3/h6-13,16-17H,5,14-15H2,1-4H3,(H,25,28)(H,26,27). The third-order valence-electron chi connectivity index (χ3n) is 4.52. The van der Waals surface area contributed by atoms with Gasteiger partial charge in [-0.3, -0.25) is 9.59 Å². The van der Waals surface area contributed by atoms with Gasteiger partial charge in [0.15, 0.2) is 6.61 Å². The van der Waals surface area contributed by atoms with E-state index < -0.39 is 5.97 Å². The summed E-state index contributed by atoms with van der Waals surface area (Å²) in [5.41, 5.74) is 2.55. The third kappa shape index (κ3) is 8.09. The largest absolute Gasteiger partial charge is 0.452 e. The van der Waals surface area contributed by atoms with E-state index in [9.17, 15) is 14.4 Å². The Kier molecular flexibility index (Phi) is 9.59. The Morgan fingerprint density at radius 1 is 0.935 bits per heavy atom. The summed E-state index contributed by atoms with van der Waals surface area (Å²) < 4.78 is 5.21. The summed E-state index contributed by atoms with van der Waals surface area (Å²) in [7, 11) is 0. The van der Waals surface area contributed by atoms with Crippen LogP contribution < -0.4 is 10.6 Å². The Morgan fingerprint density at radius 3 is 2.26 bits per heavy atom. The fraction of sp³-hybridized carbons (Fsp3) is 0.375. The lowest BCUT2D eigenvalue weighted by Crippen LogP contribution is -2.31. The van der Waals surface area contributed by atoms with Crippen molar-refractivity contribution in [3.05, 3.63) is 65.2 Å². The summed E-state index contributed by atoms with van der Waals surface area (Å²) in [6.07, 6.45) is 0.957. The minimum atomic E-state index is -0.595. The molecule has 166 valence electrons. The van der Waals surface area contributed by atoms with Gasteiger partial charge < -0.3 is 15.4 Å². The van der Waals surface area contributed by atoms with Crippen molar-refractivity contribution in [1.29, 1.82) is 0 Å². The summed E-state index contributed by atoms with van der Waals surface area (Å²) in [6, 6.07) is 14.8. The van der Waals surface area contributed by atoms with Crippen molar-refractivity contribution in [2.24, 2.45) is 0 Å². The van der Waals surface area contributed by atoms with Crippen LogP contribution in [0.1, 0.15) is 55.2 Å². The number of carbonyl (C=O) groups is 3. The minimum absolute atomic E-state index is 0.0544. The molecule has 0 aromatic heterocycles. The van der Waals surface area contributed by atoms with E-state index in [4.69, 9.17) is 4.74 Å². The first kappa shape index (κ1) is 24.5. The van der Waals surface area contributed by atoms with Crippen LogP contribution in [0, 0.1) is 0 Å². The zero-order chi connectivity index (χ0) is 22.8. The fourth-order valence-corrected chi connectivity index (χ4v) is 3.74. The van der Waals surface area contributed by atoms with Gasteiger partial charge in [0, 0.05) is 10.9 Å². The Morgan fingerprint density at radius 2 is 1.61 bits per heavy atom. The normalized spacial score (nSPS) is 11.6. The van der Waals surface area contributed by atoms with Crippen LogP contribution in [0.4, 0.5) is 0 Å². The number of rotatable bonds is 10. The van der Waals surface area contributed by atoms with Gasteiger partial charge in [-0.1, -0.05) is 43.3 Å². The smallest absolute Gasteiger partial charge is 0.339 e. The molecule has 0 heterocycles. The van der Waals surface area contributed by atoms with Gasteiger partial charge in [-0.25, -0.2) is 4.79 Å². The van der Waals surface area contributed by atoms with Crippen molar-refractivity contribution < 1.29 is 19.1 Å². The molecule has 2 amide bonds. The number of carbonyl (C=O) groups excluding carboxylic acids is 3. The predicted octanol–water partition coefficient (Wildman–Crippen LogP) is 3.90. The molecule has 0 saturated carbocycles. The molecule has 7 heteroatoms. The minimum Gasteiger partial charge on any atom is -0.452 e. The van der Waals surface area contributed by atoms with Crippen molar-refractivity contribution in [2.75, 3.05) is 12.4 Å². The molecule has 0 bridgehead atoms. The fourth-order valence-electron chi connectivity index (χ4n) is 2.89. The number of hydrogen-bond acceptors (Lipinski definition) is 5. The van der Waals surface area contributed by atoms with E-state index in [-0.39, 0.29) is 36.3 Å². The molecule has 0 fully saturated rings. The van der Waals surface area contributed by atoms with Gasteiger partial charge in [0.25, 0.3) is 5.91 Å². The molecule has 6 nitrogen and oxygen atoms in total. The first-order chi connectivity index (χ1) is 14.8. The van der Waals surface area contributed by atoms with Crippen molar-refractivity contribution in [3.63, 3.8) is 0 Å². The Bertz CT molecular complexity index is 897. The molecule has 2 rings (SSSR count). The lowest BCUT2D eigenvalue weighted by atomic mass is 10.1. The maximum absolute atomic E-state index is 12.5. The first-order valence-electron chi connectivity index (χ1n) is 10.4. The maximum atomic E-state index is 12.5. The van der Waals surface area contributed by atoms with Crippen molar-refractivity contribution >= 4 is 29.5 Å². The molecular formula is C24H30N2O4S.